The van der Waals surface area contributed by atoms with E-state index in [4.69, 9.17) is 4.74 Å². The van der Waals surface area contributed by atoms with Gasteiger partial charge in [0, 0.05) is 12.2 Å². The minimum Gasteiger partial charge on any atom is -0.367 e. The fourth-order valence-electron chi connectivity index (χ4n) is 2.08. The van der Waals surface area contributed by atoms with Gasteiger partial charge in [-0.05, 0) is 23.7 Å². The Kier molecular flexibility index (Phi) is 8.98. The molecule has 0 aromatic heterocycles. The Hall–Kier alpha value is -1.88. The van der Waals surface area contributed by atoms with Gasteiger partial charge in [-0.2, -0.15) is 0 Å². The van der Waals surface area contributed by atoms with Gasteiger partial charge in [0.2, 0.25) is 5.91 Å². The third kappa shape index (κ3) is 6.82. The van der Waals surface area contributed by atoms with Crippen LogP contribution in [0.3, 0.4) is 0 Å². The first-order valence-corrected chi connectivity index (χ1v) is 7.49. The number of rotatable bonds is 8. The molecular weight excluding hydrogens is 312 g/mol. The molecule has 0 saturated heterocycles. The molecule has 0 aliphatic carbocycles. The zero-order valence-electron chi connectivity index (χ0n) is 13.2. The largest absolute Gasteiger partial charge is 0.367 e. The van der Waals surface area contributed by atoms with Crippen LogP contribution in [0.4, 0.5) is 5.69 Å². The third-order valence-corrected chi connectivity index (χ3v) is 3.20. The average Bonchev–Trinajstić information content (AvgIpc) is 2.55. The van der Waals surface area contributed by atoms with Crippen LogP contribution in [0.1, 0.15) is 18.1 Å². The third-order valence-electron chi connectivity index (χ3n) is 3.20. The number of ether oxygens (including phenoxy) is 1. The number of carbonyl (C=O) groups excluding carboxylic acids is 1. The zero-order chi connectivity index (χ0) is 15.6. The molecule has 0 saturated carbocycles. The number of amides is 1. The molecule has 2 rings (SSSR count). The van der Waals surface area contributed by atoms with Crippen LogP contribution in [-0.2, 0) is 22.7 Å². The smallest absolute Gasteiger partial charge is 0.250 e. The summed E-state index contributed by atoms with van der Waals surface area (Å²) in [5.41, 5.74) is 2.96. The van der Waals surface area contributed by atoms with Gasteiger partial charge in [0.1, 0.15) is 6.61 Å². The van der Waals surface area contributed by atoms with E-state index in [1.165, 1.54) is 0 Å². The first kappa shape index (κ1) is 19.2. The van der Waals surface area contributed by atoms with E-state index in [-0.39, 0.29) is 24.9 Å². The van der Waals surface area contributed by atoms with Crippen molar-refractivity contribution in [3.05, 3.63) is 65.7 Å². The van der Waals surface area contributed by atoms with Crippen molar-refractivity contribution in [1.29, 1.82) is 0 Å². The van der Waals surface area contributed by atoms with Crippen molar-refractivity contribution in [1.82, 2.24) is 5.32 Å². The van der Waals surface area contributed by atoms with E-state index in [1.54, 1.807) is 0 Å². The van der Waals surface area contributed by atoms with E-state index < -0.39 is 0 Å². The lowest BCUT2D eigenvalue weighted by atomic mass is 10.1. The molecule has 0 heterocycles. The first-order chi connectivity index (χ1) is 10.8. The summed E-state index contributed by atoms with van der Waals surface area (Å²) < 4.78 is 5.45. The van der Waals surface area contributed by atoms with Crippen LogP contribution in [0.25, 0.3) is 0 Å². The van der Waals surface area contributed by atoms with Crippen LogP contribution in [0.15, 0.2) is 54.6 Å². The Morgan fingerprint density at radius 2 is 1.74 bits per heavy atom. The van der Waals surface area contributed by atoms with E-state index in [1.807, 2.05) is 54.6 Å². The molecule has 0 atom stereocenters. The van der Waals surface area contributed by atoms with Gasteiger partial charge in [0.05, 0.1) is 6.61 Å². The molecule has 0 radical (unpaired) electrons. The van der Waals surface area contributed by atoms with Gasteiger partial charge in [-0.1, -0.05) is 55.5 Å². The first-order valence-electron chi connectivity index (χ1n) is 7.49. The van der Waals surface area contributed by atoms with Crippen molar-refractivity contribution in [3.63, 3.8) is 0 Å². The number of hydrogen-bond donors (Lipinski definition) is 2. The highest BCUT2D eigenvalue weighted by Gasteiger charge is 2.06. The molecule has 4 nitrogen and oxygen atoms in total. The van der Waals surface area contributed by atoms with Gasteiger partial charge in [-0.25, -0.2) is 0 Å². The van der Waals surface area contributed by atoms with Crippen LogP contribution >= 0.6 is 12.4 Å². The van der Waals surface area contributed by atoms with Crippen molar-refractivity contribution in [2.45, 2.75) is 20.1 Å². The van der Waals surface area contributed by atoms with Crippen molar-refractivity contribution < 1.29 is 9.53 Å². The summed E-state index contributed by atoms with van der Waals surface area (Å²) in [5.74, 6) is -0.139. The van der Waals surface area contributed by atoms with E-state index >= 15 is 0 Å². The van der Waals surface area contributed by atoms with E-state index in [9.17, 15) is 4.79 Å². The van der Waals surface area contributed by atoms with Gasteiger partial charge >= 0.3 is 0 Å². The maximum absolute atomic E-state index is 12.0. The van der Waals surface area contributed by atoms with Crippen LogP contribution in [-0.4, -0.2) is 19.1 Å². The van der Waals surface area contributed by atoms with Crippen molar-refractivity contribution in [2.75, 3.05) is 18.5 Å². The van der Waals surface area contributed by atoms with Gasteiger partial charge < -0.3 is 15.4 Å². The van der Waals surface area contributed by atoms with Gasteiger partial charge in [-0.15, -0.1) is 12.4 Å². The van der Waals surface area contributed by atoms with Crippen LogP contribution < -0.4 is 10.6 Å². The number of carbonyl (C=O) groups is 1. The number of para-hydroxylation sites is 1. The maximum Gasteiger partial charge on any atom is 0.250 e. The molecule has 0 aliphatic rings. The Morgan fingerprint density at radius 1 is 1.04 bits per heavy atom. The van der Waals surface area contributed by atoms with Crippen molar-refractivity contribution in [3.8, 4) is 0 Å². The van der Waals surface area contributed by atoms with Crippen LogP contribution in [0.5, 0.6) is 0 Å². The summed E-state index contributed by atoms with van der Waals surface area (Å²) in [6, 6.07) is 17.6. The zero-order valence-corrected chi connectivity index (χ0v) is 14.1. The fraction of sp³-hybridized carbons (Fsp3) is 0.278. The molecule has 1 amide bonds. The molecule has 124 valence electrons. The molecule has 0 spiro atoms. The Labute approximate surface area is 143 Å². The number of hydrogen-bond acceptors (Lipinski definition) is 3. The molecule has 0 fully saturated rings. The summed E-state index contributed by atoms with van der Waals surface area (Å²) in [4.78, 5) is 12.0. The molecule has 2 aromatic rings. The topological polar surface area (TPSA) is 50.4 Å². The minimum absolute atomic E-state index is 0. The quantitative estimate of drug-likeness (QED) is 0.778. The maximum atomic E-state index is 12.0. The second-order valence-electron chi connectivity index (χ2n) is 4.96. The lowest BCUT2D eigenvalue weighted by Crippen LogP contribution is -2.20. The lowest BCUT2D eigenvalue weighted by Gasteiger charge is -2.11. The van der Waals surface area contributed by atoms with Crippen LogP contribution in [0.2, 0.25) is 0 Å². The molecule has 0 aliphatic heterocycles. The number of benzene rings is 2. The second-order valence-corrected chi connectivity index (χ2v) is 4.96. The molecule has 0 bridgehead atoms. The lowest BCUT2D eigenvalue weighted by molar-refractivity contribution is -0.121. The monoisotopic (exact) mass is 334 g/mol. The SMILES string of the molecule is CCNCc1ccccc1NC(=O)COCc1ccccc1.Cl. The van der Waals surface area contributed by atoms with Gasteiger partial charge in [0.15, 0.2) is 0 Å². The van der Waals surface area contributed by atoms with E-state index in [2.05, 4.69) is 17.6 Å². The van der Waals surface area contributed by atoms with Gasteiger partial charge in [-0.3, -0.25) is 4.79 Å². The Bertz CT molecular complexity index is 591. The normalized spacial score (nSPS) is 9.96. The van der Waals surface area contributed by atoms with Crippen LogP contribution in [0, 0.1) is 0 Å². The van der Waals surface area contributed by atoms with Crippen molar-refractivity contribution in [2.24, 2.45) is 0 Å². The molecule has 0 unspecified atom stereocenters. The Balaban J connectivity index is 0.00000264. The summed E-state index contributed by atoms with van der Waals surface area (Å²) in [6.45, 7) is 4.16. The average molecular weight is 335 g/mol. The van der Waals surface area contributed by atoms with Crippen molar-refractivity contribution >= 4 is 24.0 Å². The number of anilines is 1. The fourth-order valence-corrected chi connectivity index (χ4v) is 2.08. The number of halogens is 1. The summed E-state index contributed by atoms with van der Waals surface area (Å²) in [7, 11) is 0. The predicted octanol–water partition coefficient (Wildman–Crippen LogP) is 3.37. The summed E-state index contributed by atoms with van der Waals surface area (Å²) in [6.07, 6.45) is 0. The molecule has 23 heavy (non-hydrogen) atoms. The highest BCUT2D eigenvalue weighted by molar-refractivity contribution is 5.92. The minimum atomic E-state index is -0.139. The molecular formula is C18H23ClN2O2. The standard InChI is InChI=1S/C18H22N2O2.ClH/c1-2-19-12-16-10-6-7-11-17(16)20-18(21)14-22-13-15-8-4-3-5-9-15;/h3-11,19H,2,12-14H2,1H3,(H,20,21);1H. The van der Waals surface area contributed by atoms with Gasteiger partial charge in [0.25, 0.3) is 0 Å². The van der Waals surface area contributed by atoms with E-state index in [0.29, 0.717) is 6.61 Å². The molecule has 2 aromatic carbocycles. The Morgan fingerprint density at radius 3 is 2.48 bits per heavy atom. The molecule has 5 heteroatoms. The second kappa shape index (κ2) is 10.8. The predicted molar refractivity (Wildman–Crippen MR) is 95.8 cm³/mol. The summed E-state index contributed by atoms with van der Waals surface area (Å²) >= 11 is 0. The highest BCUT2D eigenvalue weighted by Crippen LogP contribution is 2.14. The van der Waals surface area contributed by atoms with E-state index in [0.717, 1.165) is 29.9 Å². The number of nitrogens with one attached hydrogen (secondary N) is 2. The highest BCUT2D eigenvalue weighted by atomic mass is 35.5. The molecule has 2 N–H and O–H groups in total. The summed E-state index contributed by atoms with van der Waals surface area (Å²) in [5, 5.41) is 6.16.